The number of carbonyl (C=O) groups is 1. The van der Waals surface area contributed by atoms with E-state index >= 15 is 0 Å². The van der Waals surface area contributed by atoms with Gasteiger partial charge in [-0.15, -0.1) is 0 Å². The molecular formula is C22H16FNO4S. The molecule has 4 rings (SSSR count). The second-order valence-corrected chi connectivity index (χ2v) is 8.16. The molecule has 0 aliphatic rings. The van der Waals surface area contributed by atoms with Crippen molar-refractivity contribution in [2.45, 2.75) is 4.90 Å². The van der Waals surface area contributed by atoms with Crippen molar-refractivity contribution in [3.05, 3.63) is 95.9 Å². The summed E-state index contributed by atoms with van der Waals surface area (Å²) in [6, 6.07) is 19.3. The highest BCUT2D eigenvalue weighted by Crippen LogP contribution is 2.30. The minimum Gasteiger partial charge on any atom is -0.497 e. The van der Waals surface area contributed by atoms with Gasteiger partial charge in [0.15, 0.2) is 0 Å². The molecule has 0 aliphatic carbocycles. The first-order valence-electron chi connectivity index (χ1n) is 8.72. The average Bonchev–Trinajstić information content (AvgIpc) is 3.13. The first-order chi connectivity index (χ1) is 13.9. The Bertz CT molecular complexity index is 1330. The van der Waals surface area contributed by atoms with Crippen molar-refractivity contribution in [3.8, 4) is 5.75 Å². The minimum atomic E-state index is -4.07. The van der Waals surface area contributed by atoms with E-state index in [0.717, 1.165) is 10.0 Å². The molecule has 0 bridgehead atoms. The predicted molar refractivity (Wildman–Crippen MR) is 107 cm³/mol. The molecule has 0 unspecified atom stereocenters. The van der Waals surface area contributed by atoms with Crippen LogP contribution >= 0.6 is 0 Å². The van der Waals surface area contributed by atoms with E-state index in [9.17, 15) is 17.6 Å². The smallest absolute Gasteiger partial charge is 0.268 e. The maximum absolute atomic E-state index is 13.7. The number of carbonyl (C=O) groups excluding carboxylic acids is 1. The molecule has 29 heavy (non-hydrogen) atoms. The Morgan fingerprint density at radius 3 is 2.38 bits per heavy atom. The van der Waals surface area contributed by atoms with Crippen LogP contribution in [-0.2, 0) is 10.0 Å². The molecule has 0 saturated heterocycles. The summed E-state index contributed by atoms with van der Waals surface area (Å²) in [4.78, 5) is 13.2. The molecule has 0 saturated carbocycles. The Hall–Kier alpha value is -3.45. The quantitative estimate of drug-likeness (QED) is 0.462. The van der Waals surface area contributed by atoms with E-state index in [1.165, 1.54) is 43.5 Å². The Morgan fingerprint density at radius 1 is 0.931 bits per heavy atom. The van der Waals surface area contributed by atoms with Gasteiger partial charge in [0.05, 0.1) is 17.5 Å². The summed E-state index contributed by atoms with van der Waals surface area (Å²) in [6.07, 6.45) is 0. The van der Waals surface area contributed by atoms with Gasteiger partial charge in [-0.2, -0.15) is 0 Å². The van der Waals surface area contributed by atoms with Crippen molar-refractivity contribution in [2.75, 3.05) is 7.11 Å². The van der Waals surface area contributed by atoms with Crippen molar-refractivity contribution < 1.29 is 22.3 Å². The molecule has 1 heterocycles. The number of hydrogen-bond acceptors (Lipinski definition) is 4. The molecule has 4 aromatic rings. The molecule has 0 aliphatic heterocycles. The summed E-state index contributed by atoms with van der Waals surface area (Å²) in [7, 11) is -2.58. The molecule has 7 heteroatoms. The lowest BCUT2D eigenvalue weighted by atomic mass is 10.1. The van der Waals surface area contributed by atoms with E-state index in [-0.39, 0.29) is 16.2 Å². The van der Waals surface area contributed by atoms with Crippen LogP contribution in [0, 0.1) is 5.82 Å². The summed E-state index contributed by atoms with van der Waals surface area (Å²) in [5, 5.41) is 0.517. The topological polar surface area (TPSA) is 65.4 Å². The van der Waals surface area contributed by atoms with Gasteiger partial charge in [-0.1, -0.05) is 30.3 Å². The van der Waals surface area contributed by atoms with E-state index in [4.69, 9.17) is 4.74 Å². The van der Waals surface area contributed by atoms with Gasteiger partial charge in [0.1, 0.15) is 17.3 Å². The van der Waals surface area contributed by atoms with E-state index in [1.807, 2.05) is 0 Å². The van der Waals surface area contributed by atoms with Gasteiger partial charge in [0.25, 0.3) is 10.0 Å². The van der Waals surface area contributed by atoms with Gasteiger partial charge in [-0.3, -0.25) is 4.79 Å². The third-order valence-electron chi connectivity index (χ3n) is 4.57. The third kappa shape index (κ3) is 3.30. The fourth-order valence-corrected chi connectivity index (χ4v) is 4.72. The van der Waals surface area contributed by atoms with Crippen LogP contribution in [0.25, 0.3) is 10.9 Å². The number of benzene rings is 3. The third-order valence-corrected chi connectivity index (χ3v) is 6.31. The van der Waals surface area contributed by atoms with Gasteiger partial charge < -0.3 is 4.74 Å². The number of fused-ring (bicyclic) bond motifs is 1. The van der Waals surface area contributed by atoms with E-state index in [1.54, 1.807) is 36.4 Å². The number of rotatable bonds is 5. The lowest BCUT2D eigenvalue weighted by Gasteiger charge is -2.12. The van der Waals surface area contributed by atoms with Crippen LogP contribution < -0.4 is 4.74 Å². The molecule has 0 radical (unpaired) electrons. The molecule has 0 fully saturated rings. The van der Waals surface area contributed by atoms with Crippen LogP contribution in [0.4, 0.5) is 4.39 Å². The summed E-state index contributed by atoms with van der Waals surface area (Å²) in [5.74, 6) is -0.651. The number of hydrogen-bond donors (Lipinski definition) is 0. The Morgan fingerprint density at radius 2 is 1.69 bits per heavy atom. The highest BCUT2D eigenvalue weighted by Gasteiger charge is 2.27. The summed E-state index contributed by atoms with van der Waals surface area (Å²) < 4.78 is 46.7. The molecular weight excluding hydrogens is 393 g/mol. The second-order valence-electron chi connectivity index (χ2n) is 6.38. The number of nitrogens with zero attached hydrogens (tertiary/aromatic N) is 1. The molecule has 146 valence electrons. The van der Waals surface area contributed by atoms with Crippen LogP contribution in [0.3, 0.4) is 0 Å². The van der Waals surface area contributed by atoms with Gasteiger partial charge in [-0.05, 0) is 48.5 Å². The van der Waals surface area contributed by atoms with Crippen molar-refractivity contribution in [1.29, 1.82) is 0 Å². The van der Waals surface area contributed by atoms with Crippen LogP contribution in [-0.4, -0.2) is 25.3 Å². The fourth-order valence-electron chi connectivity index (χ4n) is 3.19. The van der Waals surface area contributed by atoms with Crippen molar-refractivity contribution >= 4 is 26.7 Å². The number of ether oxygens (including phenoxy) is 1. The standard InChI is InChI=1S/C22H16FNO4S/c1-28-18-10-11-20-16(13-18)14-21(22(25)15-6-5-7-17(23)12-15)24(20)29(26,27)19-8-3-2-4-9-19/h2-14H,1H3. The first kappa shape index (κ1) is 18.9. The Labute approximate surface area is 167 Å². The van der Waals surface area contributed by atoms with E-state index < -0.39 is 21.6 Å². The maximum atomic E-state index is 13.7. The largest absolute Gasteiger partial charge is 0.497 e. The van der Waals surface area contributed by atoms with Crippen LogP contribution in [0.2, 0.25) is 0 Å². The zero-order valence-corrected chi connectivity index (χ0v) is 16.2. The van der Waals surface area contributed by atoms with E-state index in [0.29, 0.717) is 16.7 Å². The highest BCUT2D eigenvalue weighted by atomic mass is 32.2. The minimum absolute atomic E-state index is 0.0432. The molecule has 5 nitrogen and oxygen atoms in total. The highest BCUT2D eigenvalue weighted by molar-refractivity contribution is 7.90. The molecule has 3 aromatic carbocycles. The Balaban J connectivity index is 2.01. The van der Waals surface area contributed by atoms with Gasteiger partial charge in [-0.25, -0.2) is 16.8 Å². The first-order valence-corrected chi connectivity index (χ1v) is 10.2. The van der Waals surface area contributed by atoms with Crippen molar-refractivity contribution in [1.82, 2.24) is 3.97 Å². The van der Waals surface area contributed by atoms with Gasteiger partial charge in [0, 0.05) is 10.9 Å². The molecule has 0 N–H and O–H groups in total. The monoisotopic (exact) mass is 409 g/mol. The molecule has 0 spiro atoms. The summed E-state index contributed by atoms with van der Waals surface area (Å²) in [6.45, 7) is 0. The SMILES string of the molecule is COc1ccc2c(c1)cc(C(=O)c1cccc(F)c1)n2S(=O)(=O)c1ccccc1. The fraction of sp³-hybridized carbons (Fsp3) is 0.0455. The number of ketones is 1. The molecule has 1 aromatic heterocycles. The maximum Gasteiger partial charge on any atom is 0.268 e. The normalized spacial score (nSPS) is 11.5. The van der Waals surface area contributed by atoms with E-state index in [2.05, 4.69) is 0 Å². The van der Waals surface area contributed by atoms with Gasteiger partial charge >= 0.3 is 0 Å². The van der Waals surface area contributed by atoms with Gasteiger partial charge in [0.2, 0.25) is 5.78 Å². The summed E-state index contributed by atoms with van der Waals surface area (Å²) in [5.41, 5.74) is 0.307. The zero-order chi connectivity index (χ0) is 20.6. The average molecular weight is 409 g/mol. The van der Waals surface area contributed by atoms with Crippen molar-refractivity contribution in [3.63, 3.8) is 0 Å². The van der Waals surface area contributed by atoms with Crippen LogP contribution in [0.15, 0.2) is 83.8 Å². The molecule has 0 amide bonds. The predicted octanol–water partition coefficient (Wildman–Crippen LogP) is 4.26. The van der Waals surface area contributed by atoms with Crippen molar-refractivity contribution in [2.24, 2.45) is 0 Å². The second kappa shape index (κ2) is 7.18. The lowest BCUT2D eigenvalue weighted by molar-refractivity contribution is 0.103. The Kier molecular flexibility index (Phi) is 4.68. The number of methoxy groups -OCH3 is 1. The number of aromatic nitrogens is 1. The molecule has 0 atom stereocenters. The van der Waals surface area contributed by atoms with Crippen LogP contribution in [0.5, 0.6) is 5.75 Å². The zero-order valence-electron chi connectivity index (χ0n) is 15.4. The lowest BCUT2D eigenvalue weighted by Crippen LogP contribution is -2.19. The summed E-state index contributed by atoms with van der Waals surface area (Å²) >= 11 is 0. The number of halogens is 1. The van der Waals surface area contributed by atoms with Crippen LogP contribution in [0.1, 0.15) is 16.1 Å².